The van der Waals surface area contributed by atoms with Gasteiger partial charge in [0.2, 0.25) is 0 Å². The number of benzene rings is 1. The molecule has 0 aliphatic carbocycles. The number of rotatable bonds is 3. The maximum atomic E-state index is 10.8. The number of carboxylic acids is 1. The molecule has 0 radical (unpaired) electrons. The predicted molar refractivity (Wildman–Crippen MR) is 62.9 cm³/mol. The Kier molecular flexibility index (Phi) is 3.27. The number of aromatic hydroxyl groups is 1. The summed E-state index contributed by atoms with van der Waals surface area (Å²) in [6.07, 6.45) is 0.0800. The van der Waals surface area contributed by atoms with Gasteiger partial charge in [0.25, 0.3) is 0 Å². The molecule has 1 aromatic carbocycles. The SMILES string of the molecule is Cc1cc(C(C)(C)CC(=O)O)cc(C)c1O. The zero-order chi connectivity index (χ0) is 12.5. The molecule has 0 aliphatic heterocycles. The summed E-state index contributed by atoms with van der Waals surface area (Å²) in [6, 6.07) is 3.70. The van der Waals surface area contributed by atoms with E-state index in [4.69, 9.17) is 5.11 Å². The first-order valence-electron chi connectivity index (χ1n) is 5.26. The summed E-state index contributed by atoms with van der Waals surface area (Å²) in [4.78, 5) is 10.8. The van der Waals surface area contributed by atoms with Gasteiger partial charge < -0.3 is 10.2 Å². The zero-order valence-corrected chi connectivity index (χ0v) is 10.2. The standard InChI is InChI=1S/C13H18O3/c1-8-5-10(6-9(2)12(8)16)13(3,4)7-11(14)15/h5-6,16H,7H2,1-4H3,(H,14,15). The van der Waals surface area contributed by atoms with E-state index in [1.807, 2.05) is 39.8 Å². The molecule has 3 heteroatoms. The van der Waals surface area contributed by atoms with Gasteiger partial charge in [0.1, 0.15) is 5.75 Å². The van der Waals surface area contributed by atoms with E-state index < -0.39 is 11.4 Å². The van der Waals surface area contributed by atoms with Crippen LogP contribution in [0.3, 0.4) is 0 Å². The normalized spacial score (nSPS) is 11.5. The van der Waals surface area contributed by atoms with Gasteiger partial charge in [-0.1, -0.05) is 26.0 Å². The van der Waals surface area contributed by atoms with Crippen molar-refractivity contribution < 1.29 is 15.0 Å². The molecular formula is C13H18O3. The average Bonchev–Trinajstić information content (AvgIpc) is 2.11. The van der Waals surface area contributed by atoms with Crippen LogP contribution in [0.4, 0.5) is 0 Å². The molecule has 0 amide bonds. The first-order valence-corrected chi connectivity index (χ1v) is 5.26. The van der Waals surface area contributed by atoms with E-state index >= 15 is 0 Å². The van der Waals surface area contributed by atoms with Gasteiger partial charge in [-0.3, -0.25) is 4.79 Å². The van der Waals surface area contributed by atoms with Gasteiger partial charge in [-0.25, -0.2) is 0 Å². The van der Waals surface area contributed by atoms with Crippen LogP contribution in [-0.2, 0) is 10.2 Å². The fraction of sp³-hybridized carbons (Fsp3) is 0.462. The average molecular weight is 222 g/mol. The molecular weight excluding hydrogens is 204 g/mol. The molecule has 0 aliphatic rings. The number of phenolic OH excluding ortho intramolecular Hbond substituents is 1. The molecule has 0 spiro atoms. The summed E-state index contributed by atoms with van der Waals surface area (Å²) in [5.41, 5.74) is 2.10. The fourth-order valence-corrected chi connectivity index (χ4v) is 1.83. The maximum absolute atomic E-state index is 10.8. The van der Waals surface area contributed by atoms with E-state index in [1.165, 1.54) is 0 Å². The quantitative estimate of drug-likeness (QED) is 0.826. The second-order valence-corrected chi connectivity index (χ2v) is 4.91. The highest BCUT2D eigenvalue weighted by Gasteiger charge is 2.25. The molecule has 0 heterocycles. The van der Waals surface area contributed by atoms with Crippen molar-refractivity contribution in [3.8, 4) is 5.75 Å². The van der Waals surface area contributed by atoms with Gasteiger partial charge in [0.05, 0.1) is 6.42 Å². The summed E-state index contributed by atoms with van der Waals surface area (Å²) in [7, 11) is 0. The molecule has 0 bridgehead atoms. The highest BCUT2D eigenvalue weighted by atomic mass is 16.4. The summed E-state index contributed by atoms with van der Waals surface area (Å²) in [5, 5.41) is 18.5. The Morgan fingerprint density at radius 3 is 2.06 bits per heavy atom. The monoisotopic (exact) mass is 222 g/mol. The number of aryl methyl sites for hydroxylation is 2. The Morgan fingerprint density at radius 1 is 1.25 bits per heavy atom. The number of aliphatic carboxylic acids is 1. The molecule has 0 aromatic heterocycles. The fourth-order valence-electron chi connectivity index (χ4n) is 1.83. The zero-order valence-electron chi connectivity index (χ0n) is 10.2. The molecule has 0 unspecified atom stereocenters. The number of hydrogen-bond acceptors (Lipinski definition) is 2. The second-order valence-electron chi connectivity index (χ2n) is 4.91. The molecule has 0 saturated carbocycles. The molecule has 1 rings (SSSR count). The topological polar surface area (TPSA) is 57.5 Å². The van der Waals surface area contributed by atoms with Crippen LogP contribution in [0.1, 0.15) is 37.0 Å². The summed E-state index contributed by atoms with van der Waals surface area (Å²) >= 11 is 0. The number of carboxylic acid groups (broad SMARTS) is 1. The summed E-state index contributed by atoms with van der Waals surface area (Å²) < 4.78 is 0. The Balaban J connectivity index is 3.18. The largest absolute Gasteiger partial charge is 0.507 e. The maximum Gasteiger partial charge on any atom is 0.304 e. The minimum atomic E-state index is -0.812. The molecule has 88 valence electrons. The third-order valence-corrected chi connectivity index (χ3v) is 2.87. The van der Waals surface area contributed by atoms with E-state index in [2.05, 4.69) is 0 Å². The van der Waals surface area contributed by atoms with Crippen LogP contribution in [0.25, 0.3) is 0 Å². The van der Waals surface area contributed by atoms with Crippen LogP contribution in [0, 0.1) is 13.8 Å². The smallest absolute Gasteiger partial charge is 0.304 e. The van der Waals surface area contributed by atoms with Crippen LogP contribution in [0.2, 0.25) is 0 Å². The molecule has 2 N–H and O–H groups in total. The number of hydrogen-bond donors (Lipinski definition) is 2. The van der Waals surface area contributed by atoms with Gasteiger partial charge in [-0.15, -0.1) is 0 Å². The lowest BCUT2D eigenvalue weighted by Crippen LogP contribution is -2.21. The summed E-state index contributed by atoms with van der Waals surface area (Å²) in [6.45, 7) is 7.43. The van der Waals surface area contributed by atoms with Gasteiger partial charge in [0, 0.05) is 5.41 Å². The van der Waals surface area contributed by atoms with Gasteiger partial charge in [-0.2, -0.15) is 0 Å². The van der Waals surface area contributed by atoms with E-state index in [0.717, 1.165) is 16.7 Å². The van der Waals surface area contributed by atoms with Gasteiger partial charge in [-0.05, 0) is 30.5 Å². The van der Waals surface area contributed by atoms with Crippen molar-refractivity contribution in [3.05, 3.63) is 28.8 Å². The molecule has 16 heavy (non-hydrogen) atoms. The Morgan fingerprint density at radius 2 is 1.69 bits per heavy atom. The third kappa shape index (κ3) is 2.54. The van der Waals surface area contributed by atoms with E-state index in [9.17, 15) is 9.90 Å². The third-order valence-electron chi connectivity index (χ3n) is 2.87. The Labute approximate surface area is 95.7 Å². The van der Waals surface area contributed by atoms with Crippen LogP contribution in [-0.4, -0.2) is 16.2 Å². The van der Waals surface area contributed by atoms with Gasteiger partial charge >= 0.3 is 5.97 Å². The van der Waals surface area contributed by atoms with Crippen molar-refractivity contribution in [2.75, 3.05) is 0 Å². The molecule has 3 nitrogen and oxygen atoms in total. The van der Waals surface area contributed by atoms with Crippen LogP contribution >= 0.6 is 0 Å². The van der Waals surface area contributed by atoms with Crippen molar-refractivity contribution in [2.45, 2.75) is 39.5 Å². The minimum Gasteiger partial charge on any atom is -0.507 e. The second kappa shape index (κ2) is 4.16. The summed E-state index contributed by atoms with van der Waals surface area (Å²) in [5.74, 6) is -0.525. The molecule has 0 fully saturated rings. The van der Waals surface area contributed by atoms with Gasteiger partial charge in [0.15, 0.2) is 0 Å². The molecule has 0 atom stereocenters. The van der Waals surface area contributed by atoms with Crippen molar-refractivity contribution in [2.24, 2.45) is 0 Å². The lowest BCUT2D eigenvalue weighted by molar-refractivity contribution is -0.138. The molecule has 1 aromatic rings. The Hall–Kier alpha value is -1.51. The number of phenols is 1. The van der Waals surface area contributed by atoms with Crippen molar-refractivity contribution in [3.63, 3.8) is 0 Å². The van der Waals surface area contributed by atoms with E-state index in [1.54, 1.807) is 0 Å². The van der Waals surface area contributed by atoms with Crippen molar-refractivity contribution in [1.29, 1.82) is 0 Å². The first kappa shape index (κ1) is 12.6. The Bertz CT molecular complexity index is 396. The van der Waals surface area contributed by atoms with Crippen molar-refractivity contribution in [1.82, 2.24) is 0 Å². The van der Waals surface area contributed by atoms with Crippen molar-refractivity contribution >= 4 is 5.97 Å². The van der Waals surface area contributed by atoms with E-state index in [0.29, 0.717) is 0 Å². The number of carbonyl (C=O) groups is 1. The minimum absolute atomic E-state index is 0.0800. The lowest BCUT2D eigenvalue weighted by atomic mass is 9.80. The van der Waals surface area contributed by atoms with Crippen LogP contribution in [0.15, 0.2) is 12.1 Å². The van der Waals surface area contributed by atoms with Crippen LogP contribution in [0.5, 0.6) is 5.75 Å². The highest BCUT2D eigenvalue weighted by Crippen LogP contribution is 2.32. The predicted octanol–water partition coefficient (Wildman–Crippen LogP) is 2.76. The first-order chi connectivity index (χ1) is 7.24. The van der Waals surface area contributed by atoms with Crippen LogP contribution < -0.4 is 0 Å². The molecule has 0 saturated heterocycles. The lowest BCUT2D eigenvalue weighted by Gasteiger charge is -2.24. The van der Waals surface area contributed by atoms with E-state index in [-0.39, 0.29) is 12.2 Å². The highest BCUT2D eigenvalue weighted by molar-refractivity contribution is 5.69.